The van der Waals surface area contributed by atoms with E-state index in [0.29, 0.717) is 5.75 Å². The molecule has 82 valence electrons. The highest BCUT2D eigenvalue weighted by Gasteiger charge is 2.09. The highest BCUT2D eigenvalue weighted by atomic mass is 32.2. The van der Waals surface area contributed by atoms with Crippen LogP contribution < -0.4 is 5.32 Å². The summed E-state index contributed by atoms with van der Waals surface area (Å²) < 4.78 is 5.23. The summed E-state index contributed by atoms with van der Waals surface area (Å²) in [7, 11) is 0. The van der Waals surface area contributed by atoms with Crippen molar-refractivity contribution < 1.29 is 9.53 Å². The second-order valence-electron chi connectivity index (χ2n) is 3.24. The third kappa shape index (κ3) is 4.83. The molecule has 0 aromatic carbocycles. The van der Waals surface area contributed by atoms with E-state index in [2.05, 4.69) is 10.2 Å². The first-order valence-electron chi connectivity index (χ1n) is 4.88. The molecule has 0 saturated carbocycles. The van der Waals surface area contributed by atoms with E-state index in [9.17, 15) is 4.79 Å². The Kier molecular flexibility index (Phi) is 5.98. The predicted octanol–water partition coefficient (Wildman–Crippen LogP) is -0.202. The van der Waals surface area contributed by atoms with Crippen LogP contribution in [0.5, 0.6) is 0 Å². The summed E-state index contributed by atoms with van der Waals surface area (Å²) in [6, 6.07) is 0. The van der Waals surface area contributed by atoms with Crippen LogP contribution >= 0.6 is 11.8 Å². The molecule has 0 atom stereocenters. The quantitative estimate of drug-likeness (QED) is 0.694. The van der Waals surface area contributed by atoms with Crippen molar-refractivity contribution in [3.05, 3.63) is 0 Å². The maximum atomic E-state index is 11.1. The predicted molar refractivity (Wildman–Crippen MR) is 58.7 cm³/mol. The second-order valence-corrected chi connectivity index (χ2v) is 4.10. The minimum atomic E-state index is 0.130. The van der Waals surface area contributed by atoms with Gasteiger partial charge >= 0.3 is 0 Å². The lowest BCUT2D eigenvalue weighted by atomic mass is 10.4. The van der Waals surface area contributed by atoms with Crippen LogP contribution in [0.3, 0.4) is 0 Å². The number of hydrogen-bond donors (Lipinski definition) is 1. The molecule has 0 bridgehead atoms. The third-order valence-corrected chi connectivity index (χ3v) is 2.68. The maximum Gasteiger partial charge on any atom is 0.230 e. The smallest absolute Gasteiger partial charge is 0.230 e. The minimum Gasteiger partial charge on any atom is -0.379 e. The summed E-state index contributed by atoms with van der Waals surface area (Å²) >= 11 is 1.55. The molecule has 0 aromatic rings. The molecule has 1 rings (SSSR count). The van der Waals surface area contributed by atoms with Crippen molar-refractivity contribution in [3.8, 4) is 0 Å². The molecule has 5 heteroatoms. The zero-order valence-electron chi connectivity index (χ0n) is 8.62. The first-order valence-corrected chi connectivity index (χ1v) is 6.28. The highest BCUT2D eigenvalue weighted by molar-refractivity contribution is 7.99. The minimum absolute atomic E-state index is 0.130. The van der Waals surface area contributed by atoms with E-state index >= 15 is 0 Å². The first kappa shape index (κ1) is 11.8. The van der Waals surface area contributed by atoms with Gasteiger partial charge in [-0.15, -0.1) is 0 Å². The normalized spacial score (nSPS) is 18.1. The van der Waals surface area contributed by atoms with Crippen LogP contribution in [0, 0.1) is 0 Å². The van der Waals surface area contributed by atoms with Crippen LogP contribution in [0.25, 0.3) is 0 Å². The average molecular weight is 218 g/mol. The average Bonchev–Trinajstić information content (AvgIpc) is 2.20. The fraction of sp³-hybridized carbons (Fsp3) is 0.889. The Labute approximate surface area is 89.4 Å². The number of morpholine rings is 1. The van der Waals surface area contributed by atoms with Crippen molar-refractivity contribution in [3.63, 3.8) is 0 Å². The Morgan fingerprint density at radius 1 is 1.50 bits per heavy atom. The van der Waals surface area contributed by atoms with Gasteiger partial charge in [0, 0.05) is 26.2 Å². The summed E-state index contributed by atoms with van der Waals surface area (Å²) in [5, 5.41) is 2.89. The lowest BCUT2D eigenvalue weighted by Gasteiger charge is -2.26. The molecule has 1 N–H and O–H groups in total. The molecule has 1 aliphatic heterocycles. The van der Waals surface area contributed by atoms with Gasteiger partial charge < -0.3 is 10.1 Å². The van der Waals surface area contributed by atoms with E-state index in [4.69, 9.17) is 4.74 Å². The van der Waals surface area contributed by atoms with Gasteiger partial charge in [-0.2, -0.15) is 11.8 Å². The van der Waals surface area contributed by atoms with Crippen LogP contribution in [-0.4, -0.2) is 62.2 Å². The van der Waals surface area contributed by atoms with Gasteiger partial charge in [0.2, 0.25) is 5.91 Å². The number of thioether (sulfide) groups is 1. The van der Waals surface area contributed by atoms with Gasteiger partial charge in [0.05, 0.1) is 19.0 Å². The molecular formula is C9H18N2O2S. The van der Waals surface area contributed by atoms with Gasteiger partial charge in [-0.1, -0.05) is 0 Å². The summed E-state index contributed by atoms with van der Waals surface area (Å²) in [4.78, 5) is 13.4. The Hall–Kier alpha value is -0.260. The fourth-order valence-electron chi connectivity index (χ4n) is 1.36. The molecule has 1 fully saturated rings. The lowest BCUT2D eigenvalue weighted by molar-refractivity contribution is -0.118. The number of carbonyl (C=O) groups is 1. The number of nitrogens with one attached hydrogen (secondary N) is 1. The molecule has 0 aliphatic carbocycles. The van der Waals surface area contributed by atoms with E-state index in [-0.39, 0.29) is 5.91 Å². The molecule has 1 saturated heterocycles. The molecular weight excluding hydrogens is 200 g/mol. The van der Waals surface area contributed by atoms with Gasteiger partial charge in [-0.3, -0.25) is 9.69 Å². The maximum absolute atomic E-state index is 11.1. The largest absolute Gasteiger partial charge is 0.379 e. The molecule has 4 nitrogen and oxygen atoms in total. The molecule has 1 heterocycles. The summed E-state index contributed by atoms with van der Waals surface area (Å²) in [6.45, 7) is 5.29. The Bertz CT molecular complexity index is 172. The molecule has 0 spiro atoms. The number of carbonyl (C=O) groups excluding carboxylic acids is 1. The van der Waals surface area contributed by atoms with Crippen molar-refractivity contribution in [2.24, 2.45) is 0 Å². The Balaban J connectivity index is 1.99. The number of hydrogen-bond acceptors (Lipinski definition) is 4. The van der Waals surface area contributed by atoms with E-state index in [0.717, 1.165) is 39.4 Å². The molecule has 14 heavy (non-hydrogen) atoms. The van der Waals surface area contributed by atoms with Crippen LogP contribution in [0.4, 0.5) is 0 Å². The van der Waals surface area contributed by atoms with Gasteiger partial charge in [0.25, 0.3) is 0 Å². The van der Waals surface area contributed by atoms with Gasteiger partial charge in [0.15, 0.2) is 0 Å². The summed E-state index contributed by atoms with van der Waals surface area (Å²) in [6.07, 6.45) is 1.93. The summed E-state index contributed by atoms with van der Waals surface area (Å²) in [5.74, 6) is 0.689. The Morgan fingerprint density at radius 2 is 2.21 bits per heavy atom. The van der Waals surface area contributed by atoms with E-state index < -0.39 is 0 Å². The second kappa shape index (κ2) is 7.09. The lowest BCUT2D eigenvalue weighted by Crippen LogP contribution is -2.41. The van der Waals surface area contributed by atoms with Crippen molar-refractivity contribution in [2.75, 3.05) is 51.4 Å². The van der Waals surface area contributed by atoms with Gasteiger partial charge in [-0.05, 0) is 6.26 Å². The monoisotopic (exact) mass is 218 g/mol. The van der Waals surface area contributed by atoms with Gasteiger partial charge in [-0.25, -0.2) is 0 Å². The zero-order chi connectivity index (χ0) is 10.2. The van der Waals surface area contributed by atoms with Crippen LogP contribution in [0.1, 0.15) is 0 Å². The molecule has 0 aromatic heterocycles. The van der Waals surface area contributed by atoms with Crippen LogP contribution in [0.2, 0.25) is 0 Å². The topological polar surface area (TPSA) is 41.6 Å². The highest BCUT2D eigenvalue weighted by Crippen LogP contribution is 1.95. The van der Waals surface area contributed by atoms with Crippen molar-refractivity contribution in [1.29, 1.82) is 0 Å². The molecule has 1 amide bonds. The first-order chi connectivity index (χ1) is 6.83. The standard InChI is InChI=1S/C9H18N2O2S/c1-14-8-9(12)10-2-3-11-4-6-13-7-5-11/h2-8H2,1H3,(H,10,12). The Morgan fingerprint density at radius 3 is 2.86 bits per heavy atom. The fourth-order valence-corrected chi connectivity index (χ4v) is 1.72. The molecule has 1 aliphatic rings. The molecule has 0 unspecified atom stereocenters. The van der Waals surface area contributed by atoms with Gasteiger partial charge in [0.1, 0.15) is 0 Å². The number of amides is 1. The van der Waals surface area contributed by atoms with E-state index in [1.165, 1.54) is 0 Å². The SMILES string of the molecule is CSCC(=O)NCCN1CCOCC1. The van der Waals surface area contributed by atoms with Crippen LogP contribution in [0.15, 0.2) is 0 Å². The third-order valence-electron chi connectivity index (χ3n) is 2.13. The number of nitrogens with zero attached hydrogens (tertiary/aromatic N) is 1. The van der Waals surface area contributed by atoms with Crippen molar-refractivity contribution >= 4 is 17.7 Å². The van der Waals surface area contributed by atoms with E-state index in [1.807, 2.05) is 6.26 Å². The number of ether oxygens (including phenoxy) is 1. The summed E-state index contributed by atoms with van der Waals surface area (Å²) in [5.41, 5.74) is 0. The van der Waals surface area contributed by atoms with Crippen molar-refractivity contribution in [1.82, 2.24) is 10.2 Å². The van der Waals surface area contributed by atoms with Crippen LogP contribution in [-0.2, 0) is 9.53 Å². The molecule has 0 radical (unpaired) electrons. The van der Waals surface area contributed by atoms with Crippen molar-refractivity contribution in [2.45, 2.75) is 0 Å². The van der Waals surface area contributed by atoms with E-state index in [1.54, 1.807) is 11.8 Å². The zero-order valence-corrected chi connectivity index (χ0v) is 9.44. The number of rotatable bonds is 5.